The van der Waals surface area contributed by atoms with Crippen LogP contribution in [0.2, 0.25) is 0 Å². The first-order valence-electron chi connectivity index (χ1n) is 10.8. The highest BCUT2D eigenvalue weighted by molar-refractivity contribution is 7.14. The fourth-order valence-electron chi connectivity index (χ4n) is 3.79. The zero-order chi connectivity index (χ0) is 22.4. The number of ether oxygens (including phenoxy) is 1. The number of benzene rings is 1. The van der Waals surface area contributed by atoms with E-state index in [9.17, 15) is 9.59 Å². The summed E-state index contributed by atoms with van der Waals surface area (Å²) >= 11 is 1.44. The van der Waals surface area contributed by atoms with Gasteiger partial charge in [0, 0.05) is 18.0 Å². The molecule has 1 unspecified atom stereocenters. The topological polar surface area (TPSA) is 58.6 Å². The lowest BCUT2D eigenvalue weighted by molar-refractivity contribution is 0.0178. The van der Waals surface area contributed by atoms with E-state index in [1.165, 1.54) is 11.3 Å². The van der Waals surface area contributed by atoms with Gasteiger partial charge in [-0.1, -0.05) is 43.0 Å². The summed E-state index contributed by atoms with van der Waals surface area (Å²) in [4.78, 5) is 28.7. The Morgan fingerprint density at radius 1 is 1.19 bits per heavy atom. The Morgan fingerprint density at radius 3 is 2.45 bits per heavy atom. The van der Waals surface area contributed by atoms with Crippen molar-refractivity contribution in [2.75, 3.05) is 13.1 Å². The predicted molar refractivity (Wildman–Crippen MR) is 126 cm³/mol. The molecule has 2 amide bonds. The Hall–Kier alpha value is -2.60. The van der Waals surface area contributed by atoms with Gasteiger partial charge in [-0.25, -0.2) is 4.79 Å². The van der Waals surface area contributed by atoms with Crippen LogP contribution in [0.4, 0.5) is 4.79 Å². The largest absolute Gasteiger partial charge is 0.444 e. The van der Waals surface area contributed by atoms with E-state index in [0.29, 0.717) is 23.9 Å². The average Bonchev–Trinajstić information content (AvgIpc) is 3.23. The van der Waals surface area contributed by atoms with Crippen molar-refractivity contribution in [1.29, 1.82) is 0 Å². The van der Waals surface area contributed by atoms with Crippen molar-refractivity contribution in [2.45, 2.75) is 51.7 Å². The number of carbonyl (C=O) groups excluding carboxylic acids is 2. The second-order valence-electron chi connectivity index (χ2n) is 8.99. The first kappa shape index (κ1) is 23.1. The van der Waals surface area contributed by atoms with Gasteiger partial charge in [0.25, 0.3) is 5.91 Å². The number of amides is 2. The number of piperidine rings is 1. The zero-order valence-corrected chi connectivity index (χ0v) is 19.4. The van der Waals surface area contributed by atoms with Crippen LogP contribution in [0.15, 0.2) is 49.0 Å². The number of carbonyl (C=O) groups is 2. The Balaban J connectivity index is 1.63. The monoisotopic (exact) mass is 440 g/mol. The molecule has 6 heteroatoms. The normalized spacial score (nSPS) is 15.9. The van der Waals surface area contributed by atoms with Gasteiger partial charge in [-0.05, 0) is 63.6 Å². The quantitative estimate of drug-likeness (QED) is 0.608. The summed E-state index contributed by atoms with van der Waals surface area (Å²) < 4.78 is 5.50. The number of hydrogen-bond acceptors (Lipinski definition) is 4. The molecule has 1 aliphatic rings. The Bertz CT molecular complexity index is 893. The Labute approximate surface area is 189 Å². The molecular weight excluding hydrogens is 408 g/mol. The molecule has 1 saturated heterocycles. The molecule has 0 bridgehead atoms. The molecule has 5 nitrogen and oxygen atoms in total. The SMILES string of the molecule is C=Cc1ccc(C(=O)NC(CC2CCN(C(=O)OC(C)(C)C)CC2)c2ccccc2)s1. The van der Waals surface area contributed by atoms with Crippen LogP contribution in [-0.2, 0) is 4.74 Å². The van der Waals surface area contributed by atoms with Crippen LogP contribution in [-0.4, -0.2) is 35.6 Å². The van der Waals surface area contributed by atoms with Crippen molar-refractivity contribution >= 4 is 29.4 Å². The fourth-order valence-corrected chi connectivity index (χ4v) is 4.55. The molecule has 3 rings (SSSR count). The van der Waals surface area contributed by atoms with Gasteiger partial charge in [-0.2, -0.15) is 0 Å². The second-order valence-corrected chi connectivity index (χ2v) is 10.1. The van der Waals surface area contributed by atoms with E-state index in [0.717, 1.165) is 29.7 Å². The number of rotatable bonds is 6. The second kappa shape index (κ2) is 10.1. The van der Waals surface area contributed by atoms with E-state index >= 15 is 0 Å². The predicted octanol–water partition coefficient (Wildman–Crippen LogP) is 5.90. The van der Waals surface area contributed by atoms with Crippen molar-refractivity contribution in [3.8, 4) is 0 Å². The van der Waals surface area contributed by atoms with Crippen molar-refractivity contribution in [3.63, 3.8) is 0 Å². The third kappa shape index (κ3) is 6.69. The van der Waals surface area contributed by atoms with Crippen LogP contribution in [0.3, 0.4) is 0 Å². The van der Waals surface area contributed by atoms with Crippen molar-refractivity contribution in [1.82, 2.24) is 10.2 Å². The molecule has 1 aromatic carbocycles. The summed E-state index contributed by atoms with van der Waals surface area (Å²) in [5, 5.41) is 3.23. The van der Waals surface area contributed by atoms with E-state index < -0.39 is 5.60 Å². The molecule has 1 fully saturated rings. The molecule has 0 saturated carbocycles. The lowest BCUT2D eigenvalue weighted by Crippen LogP contribution is -2.42. The van der Waals surface area contributed by atoms with Crippen LogP contribution in [0, 0.1) is 5.92 Å². The van der Waals surface area contributed by atoms with Gasteiger partial charge in [0.05, 0.1) is 10.9 Å². The number of nitrogens with zero attached hydrogens (tertiary/aromatic N) is 1. The van der Waals surface area contributed by atoms with Gasteiger partial charge in [-0.15, -0.1) is 11.3 Å². The molecule has 1 aromatic heterocycles. The van der Waals surface area contributed by atoms with Gasteiger partial charge in [-0.3, -0.25) is 4.79 Å². The third-order valence-electron chi connectivity index (χ3n) is 5.39. The molecule has 1 N–H and O–H groups in total. The zero-order valence-electron chi connectivity index (χ0n) is 18.6. The Morgan fingerprint density at radius 2 is 1.87 bits per heavy atom. The van der Waals surface area contributed by atoms with E-state index in [1.807, 2.05) is 51.1 Å². The van der Waals surface area contributed by atoms with Crippen LogP contribution < -0.4 is 5.32 Å². The summed E-state index contributed by atoms with van der Waals surface area (Å²) in [5.74, 6) is 0.370. The lowest BCUT2D eigenvalue weighted by atomic mass is 9.87. The standard InChI is InChI=1S/C25H32N2O3S/c1-5-20-11-12-22(31-20)23(28)26-21(19-9-7-6-8-10-19)17-18-13-15-27(16-14-18)24(29)30-25(2,3)4/h5-12,18,21H,1,13-17H2,2-4H3,(H,26,28). The number of thiophene rings is 1. The minimum atomic E-state index is -0.482. The van der Waals surface area contributed by atoms with Gasteiger partial charge in [0.2, 0.25) is 0 Å². The third-order valence-corrected chi connectivity index (χ3v) is 6.47. The van der Waals surface area contributed by atoms with E-state index in [1.54, 1.807) is 11.0 Å². The molecule has 1 atom stereocenters. The molecule has 0 spiro atoms. The molecule has 0 aliphatic carbocycles. The summed E-state index contributed by atoms with van der Waals surface area (Å²) in [7, 11) is 0. The van der Waals surface area contributed by atoms with Gasteiger partial charge < -0.3 is 15.0 Å². The number of nitrogens with one attached hydrogen (secondary N) is 1. The van der Waals surface area contributed by atoms with Crippen molar-refractivity contribution in [2.24, 2.45) is 5.92 Å². The summed E-state index contributed by atoms with van der Waals surface area (Å²) in [5.41, 5.74) is 0.620. The average molecular weight is 441 g/mol. The van der Waals surface area contributed by atoms with Crippen LogP contribution >= 0.6 is 11.3 Å². The van der Waals surface area contributed by atoms with E-state index in [4.69, 9.17) is 4.74 Å². The van der Waals surface area contributed by atoms with Crippen LogP contribution in [0.5, 0.6) is 0 Å². The first-order valence-corrected chi connectivity index (χ1v) is 11.6. The lowest BCUT2D eigenvalue weighted by Gasteiger charge is -2.35. The van der Waals surface area contributed by atoms with Crippen LogP contribution in [0.25, 0.3) is 6.08 Å². The molecule has 0 radical (unpaired) electrons. The van der Waals surface area contributed by atoms with Crippen LogP contribution in [0.1, 0.15) is 66.2 Å². The van der Waals surface area contributed by atoms with Gasteiger partial charge in [0.1, 0.15) is 5.60 Å². The molecule has 166 valence electrons. The number of likely N-dealkylation sites (tertiary alicyclic amines) is 1. The highest BCUT2D eigenvalue weighted by atomic mass is 32.1. The maximum atomic E-state index is 12.9. The molecule has 31 heavy (non-hydrogen) atoms. The number of hydrogen-bond donors (Lipinski definition) is 1. The smallest absolute Gasteiger partial charge is 0.410 e. The maximum Gasteiger partial charge on any atom is 0.410 e. The fraction of sp³-hybridized carbons (Fsp3) is 0.440. The van der Waals surface area contributed by atoms with E-state index in [-0.39, 0.29) is 18.0 Å². The summed E-state index contributed by atoms with van der Waals surface area (Å²) in [6.45, 7) is 10.8. The summed E-state index contributed by atoms with van der Waals surface area (Å²) in [6, 6.07) is 13.8. The molecule has 2 aromatic rings. The molecule has 2 heterocycles. The van der Waals surface area contributed by atoms with Crippen molar-refractivity contribution in [3.05, 3.63) is 64.4 Å². The highest BCUT2D eigenvalue weighted by Gasteiger charge is 2.29. The maximum absolute atomic E-state index is 12.9. The minimum absolute atomic E-state index is 0.0573. The van der Waals surface area contributed by atoms with Crippen molar-refractivity contribution < 1.29 is 14.3 Å². The van der Waals surface area contributed by atoms with Gasteiger partial charge in [0.15, 0.2) is 0 Å². The highest BCUT2D eigenvalue weighted by Crippen LogP contribution is 2.30. The molecule has 1 aliphatic heterocycles. The first-order chi connectivity index (χ1) is 14.7. The van der Waals surface area contributed by atoms with Gasteiger partial charge >= 0.3 is 6.09 Å². The summed E-state index contributed by atoms with van der Waals surface area (Å²) in [6.07, 6.45) is 4.16. The minimum Gasteiger partial charge on any atom is -0.444 e. The van der Waals surface area contributed by atoms with E-state index in [2.05, 4.69) is 24.0 Å². The molecular formula is C25H32N2O3S. The Kier molecular flexibility index (Phi) is 7.55.